The molecule has 0 aliphatic heterocycles. The summed E-state index contributed by atoms with van der Waals surface area (Å²) in [5.74, 6) is -0.735. The molecule has 0 unspecified atom stereocenters. The van der Waals surface area contributed by atoms with Gasteiger partial charge in [0.25, 0.3) is 6.43 Å². The van der Waals surface area contributed by atoms with Crippen LogP contribution in [0.3, 0.4) is 0 Å². The second-order valence-electron chi connectivity index (χ2n) is 3.09. The molecule has 0 bridgehead atoms. The standard InChI is InChI=1S/C10H10ClF2NO2/c1-5-6(3-11)8(9(12)13)14-4-7(5)10(15)16-2/h4,9H,3H2,1-2H3. The Kier molecular flexibility index (Phi) is 4.18. The second-order valence-corrected chi connectivity index (χ2v) is 3.35. The zero-order valence-corrected chi connectivity index (χ0v) is 9.52. The van der Waals surface area contributed by atoms with Crippen molar-refractivity contribution in [2.24, 2.45) is 0 Å². The lowest BCUT2D eigenvalue weighted by molar-refractivity contribution is 0.0598. The van der Waals surface area contributed by atoms with Gasteiger partial charge in [0.05, 0.1) is 12.7 Å². The summed E-state index contributed by atoms with van der Waals surface area (Å²) < 4.78 is 29.7. The van der Waals surface area contributed by atoms with Crippen LogP contribution < -0.4 is 0 Å². The van der Waals surface area contributed by atoms with Crippen molar-refractivity contribution in [1.82, 2.24) is 4.98 Å². The summed E-state index contributed by atoms with van der Waals surface area (Å²) in [6, 6.07) is 0. The van der Waals surface area contributed by atoms with E-state index in [1.165, 1.54) is 14.0 Å². The van der Waals surface area contributed by atoms with Gasteiger partial charge in [-0.2, -0.15) is 0 Å². The first-order chi connectivity index (χ1) is 7.52. The van der Waals surface area contributed by atoms with Gasteiger partial charge in [0.15, 0.2) is 0 Å². The number of alkyl halides is 3. The number of carbonyl (C=O) groups is 1. The van der Waals surface area contributed by atoms with Crippen molar-refractivity contribution < 1.29 is 18.3 Å². The van der Waals surface area contributed by atoms with Crippen LogP contribution in [0, 0.1) is 6.92 Å². The molecule has 0 saturated heterocycles. The summed E-state index contributed by atoms with van der Waals surface area (Å²) in [4.78, 5) is 14.8. The highest BCUT2D eigenvalue weighted by Crippen LogP contribution is 2.26. The third kappa shape index (κ3) is 2.29. The highest BCUT2D eigenvalue weighted by Gasteiger charge is 2.20. The number of aromatic nitrogens is 1. The summed E-state index contributed by atoms with van der Waals surface area (Å²) in [5, 5.41) is 0. The van der Waals surface area contributed by atoms with Gasteiger partial charge in [-0.3, -0.25) is 4.98 Å². The van der Waals surface area contributed by atoms with Gasteiger partial charge >= 0.3 is 5.97 Å². The Balaban J connectivity index is 3.34. The molecule has 1 aromatic rings. The minimum Gasteiger partial charge on any atom is -0.465 e. The second kappa shape index (κ2) is 5.21. The number of carbonyl (C=O) groups excluding carboxylic acids is 1. The number of rotatable bonds is 3. The lowest BCUT2D eigenvalue weighted by atomic mass is 10.0. The summed E-state index contributed by atoms with van der Waals surface area (Å²) in [5.41, 5.74) is 0.328. The summed E-state index contributed by atoms with van der Waals surface area (Å²) >= 11 is 5.58. The van der Waals surface area contributed by atoms with Gasteiger partial charge in [0, 0.05) is 12.1 Å². The molecule has 88 valence electrons. The normalized spacial score (nSPS) is 10.6. The van der Waals surface area contributed by atoms with E-state index in [-0.39, 0.29) is 22.7 Å². The van der Waals surface area contributed by atoms with E-state index in [0.29, 0.717) is 5.56 Å². The fourth-order valence-corrected chi connectivity index (χ4v) is 1.67. The van der Waals surface area contributed by atoms with E-state index >= 15 is 0 Å². The first-order valence-corrected chi connectivity index (χ1v) is 4.97. The molecule has 0 N–H and O–H groups in total. The zero-order valence-electron chi connectivity index (χ0n) is 8.76. The Bertz CT molecular complexity index is 410. The topological polar surface area (TPSA) is 39.2 Å². The molecule has 0 saturated carbocycles. The van der Waals surface area contributed by atoms with E-state index in [1.807, 2.05) is 0 Å². The van der Waals surface area contributed by atoms with E-state index in [2.05, 4.69) is 9.72 Å². The van der Waals surface area contributed by atoms with Crippen LogP contribution in [0.2, 0.25) is 0 Å². The van der Waals surface area contributed by atoms with Crippen LogP contribution >= 0.6 is 11.6 Å². The van der Waals surface area contributed by atoms with Crippen LogP contribution in [0.5, 0.6) is 0 Å². The van der Waals surface area contributed by atoms with E-state index in [4.69, 9.17) is 11.6 Å². The van der Waals surface area contributed by atoms with Crippen molar-refractivity contribution in [3.05, 3.63) is 28.6 Å². The van der Waals surface area contributed by atoms with Crippen LogP contribution in [0.4, 0.5) is 8.78 Å². The Hall–Kier alpha value is -1.23. The lowest BCUT2D eigenvalue weighted by Gasteiger charge is -2.11. The molecule has 0 atom stereocenters. The molecule has 0 aliphatic carbocycles. The van der Waals surface area contributed by atoms with E-state index in [9.17, 15) is 13.6 Å². The van der Waals surface area contributed by atoms with Gasteiger partial charge in [-0.15, -0.1) is 11.6 Å². The van der Waals surface area contributed by atoms with Crippen LogP contribution in [-0.2, 0) is 10.6 Å². The molecule has 6 heteroatoms. The van der Waals surface area contributed by atoms with E-state index in [1.54, 1.807) is 0 Å². The van der Waals surface area contributed by atoms with Gasteiger partial charge in [-0.1, -0.05) is 0 Å². The van der Waals surface area contributed by atoms with Gasteiger partial charge in [0.2, 0.25) is 0 Å². The van der Waals surface area contributed by atoms with Crippen LogP contribution in [0.15, 0.2) is 6.20 Å². The number of hydrogen-bond donors (Lipinski definition) is 0. The third-order valence-corrected chi connectivity index (χ3v) is 2.51. The van der Waals surface area contributed by atoms with Gasteiger partial charge in [-0.25, -0.2) is 13.6 Å². The summed E-state index contributed by atoms with van der Waals surface area (Å²) in [7, 11) is 1.21. The number of methoxy groups -OCH3 is 1. The lowest BCUT2D eigenvalue weighted by Crippen LogP contribution is -2.09. The number of esters is 1. The quantitative estimate of drug-likeness (QED) is 0.611. The van der Waals surface area contributed by atoms with Crippen LogP contribution in [-0.4, -0.2) is 18.1 Å². The number of ether oxygens (including phenoxy) is 1. The average Bonchev–Trinajstić information content (AvgIpc) is 2.27. The molecule has 3 nitrogen and oxygen atoms in total. The molecule has 1 rings (SSSR count). The number of hydrogen-bond acceptors (Lipinski definition) is 3. The fraction of sp³-hybridized carbons (Fsp3) is 0.400. The third-order valence-electron chi connectivity index (χ3n) is 2.24. The molecular formula is C10H10ClF2NO2. The molecule has 1 aromatic heterocycles. The SMILES string of the molecule is COC(=O)c1cnc(C(F)F)c(CCl)c1C. The average molecular weight is 250 g/mol. The molecule has 0 amide bonds. The van der Waals surface area contributed by atoms with Gasteiger partial charge < -0.3 is 4.74 Å². The molecular weight excluding hydrogens is 240 g/mol. The molecule has 0 aromatic carbocycles. The van der Waals surface area contributed by atoms with Crippen molar-refractivity contribution in [2.75, 3.05) is 7.11 Å². The van der Waals surface area contributed by atoms with Crippen molar-refractivity contribution in [1.29, 1.82) is 0 Å². The first-order valence-electron chi connectivity index (χ1n) is 4.43. The molecule has 0 radical (unpaired) electrons. The van der Waals surface area contributed by atoms with Crippen molar-refractivity contribution >= 4 is 17.6 Å². The Morgan fingerprint density at radius 2 is 2.25 bits per heavy atom. The maximum absolute atomic E-state index is 12.6. The first kappa shape index (κ1) is 12.8. The number of pyridine rings is 1. The van der Waals surface area contributed by atoms with Gasteiger partial charge in [0.1, 0.15) is 5.69 Å². The zero-order chi connectivity index (χ0) is 12.3. The molecule has 0 spiro atoms. The predicted octanol–water partition coefficient (Wildman–Crippen LogP) is 2.85. The number of nitrogens with zero attached hydrogens (tertiary/aromatic N) is 1. The molecule has 1 heterocycles. The highest BCUT2D eigenvalue weighted by atomic mass is 35.5. The minimum atomic E-state index is -2.71. The largest absolute Gasteiger partial charge is 0.465 e. The number of halogens is 3. The van der Waals surface area contributed by atoms with E-state index < -0.39 is 12.4 Å². The molecule has 16 heavy (non-hydrogen) atoms. The van der Waals surface area contributed by atoms with Crippen LogP contribution in [0.25, 0.3) is 0 Å². The van der Waals surface area contributed by atoms with Crippen molar-refractivity contribution in [3.8, 4) is 0 Å². The fourth-order valence-electron chi connectivity index (χ4n) is 1.34. The Morgan fingerprint density at radius 1 is 1.62 bits per heavy atom. The van der Waals surface area contributed by atoms with Gasteiger partial charge in [-0.05, 0) is 18.1 Å². The molecule has 0 aliphatic rings. The van der Waals surface area contributed by atoms with Crippen molar-refractivity contribution in [2.45, 2.75) is 19.2 Å². The monoisotopic (exact) mass is 249 g/mol. The smallest absolute Gasteiger partial charge is 0.339 e. The van der Waals surface area contributed by atoms with E-state index in [0.717, 1.165) is 6.20 Å². The minimum absolute atomic E-state index is 0.122. The maximum atomic E-state index is 12.6. The van der Waals surface area contributed by atoms with Crippen molar-refractivity contribution in [3.63, 3.8) is 0 Å². The Labute approximate surface area is 96.4 Å². The summed E-state index contributed by atoms with van der Waals surface area (Å²) in [6.45, 7) is 1.54. The summed E-state index contributed by atoms with van der Waals surface area (Å²) in [6.07, 6.45) is -1.63. The highest BCUT2D eigenvalue weighted by molar-refractivity contribution is 6.17. The maximum Gasteiger partial charge on any atom is 0.339 e. The Morgan fingerprint density at radius 3 is 2.69 bits per heavy atom. The van der Waals surface area contributed by atoms with Crippen LogP contribution in [0.1, 0.15) is 33.6 Å². The molecule has 0 fully saturated rings. The predicted molar refractivity (Wildman–Crippen MR) is 54.8 cm³/mol.